The molecule has 1 heterocycles. The van der Waals surface area contributed by atoms with Crippen molar-refractivity contribution in [2.24, 2.45) is 22.1 Å². The largest absolute Gasteiger partial charge is 0.489 e. The zero-order valence-corrected chi connectivity index (χ0v) is 24.7. The van der Waals surface area contributed by atoms with E-state index in [1.807, 2.05) is 24.3 Å². The molecule has 0 aliphatic carbocycles. The summed E-state index contributed by atoms with van der Waals surface area (Å²) < 4.78 is 29.3. The highest BCUT2D eigenvalue weighted by molar-refractivity contribution is 7.90. The predicted molar refractivity (Wildman–Crippen MR) is 164 cm³/mol. The molecule has 8 heteroatoms. The minimum atomic E-state index is -3.21. The lowest BCUT2D eigenvalue weighted by molar-refractivity contribution is 0.263. The van der Waals surface area contributed by atoms with Crippen LogP contribution in [0.25, 0.3) is 0 Å². The van der Waals surface area contributed by atoms with Gasteiger partial charge in [0, 0.05) is 31.6 Å². The summed E-state index contributed by atoms with van der Waals surface area (Å²) in [5, 5.41) is 3.55. The van der Waals surface area contributed by atoms with Gasteiger partial charge in [-0.2, -0.15) is 0 Å². The monoisotopic (exact) mass is 562 g/mol. The van der Waals surface area contributed by atoms with Crippen LogP contribution in [0.15, 0.2) is 88.8 Å². The van der Waals surface area contributed by atoms with E-state index in [2.05, 4.69) is 54.4 Å². The average Bonchev–Trinajstić information content (AvgIpc) is 2.95. The number of guanidine groups is 1. The van der Waals surface area contributed by atoms with Gasteiger partial charge in [-0.3, -0.25) is 4.99 Å². The molecular formula is C32H42N4O3S. The number of nitrogens with one attached hydrogen (secondary N) is 1. The second-order valence-electron chi connectivity index (χ2n) is 11.5. The van der Waals surface area contributed by atoms with E-state index in [-0.39, 0.29) is 5.41 Å². The number of sulfone groups is 1. The molecule has 1 aliphatic heterocycles. The van der Waals surface area contributed by atoms with Gasteiger partial charge in [0.25, 0.3) is 0 Å². The molecule has 214 valence electrons. The number of rotatable bonds is 10. The second-order valence-corrected chi connectivity index (χ2v) is 13.5. The van der Waals surface area contributed by atoms with Crippen molar-refractivity contribution in [1.29, 1.82) is 0 Å². The quantitative estimate of drug-likeness (QED) is 0.255. The number of likely N-dealkylation sites (tertiary alicyclic amines) is 1. The topological polar surface area (TPSA) is 97.0 Å². The third kappa shape index (κ3) is 8.83. The summed E-state index contributed by atoms with van der Waals surface area (Å²) in [6.45, 7) is 7.79. The average molecular weight is 563 g/mol. The van der Waals surface area contributed by atoms with Crippen LogP contribution >= 0.6 is 0 Å². The number of nitrogens with two attached hydrogens (primary N) is 1. The van der Waals surface area contributed by atoms with Gasteiger partial charge in [0.1, 0.15) is 12.4 Å². The SMILES string of the molecule is CC(C)(CN)CN=C(Nc1ccc(OCc2ccc(S(C)(=O)=O)cc2)cc1)N1CCC(Cc2ccccc2)CC1. The normalized spacial score (nSPS) is 15.2. The zero-order valence-electron chi connectivity index (χ0n) is 23.8. The van der Waals surface area contributed by atoms with Crippen LogP contribution in [0, 0.1) is 11.3 Å². The fourth-order valence-electron chi connectivity index (χ4n) is 4.63. The Balaban J connectivity index is 1.36. The van der Waals surface area contributed by atoms with Gasteiger partial charge in [0.15, 0.2) is 15.8 Å². The van der Waals surface area contributed by atoms with E-state index in [1.54, 1.807) is 24.3 Å². The van der Waals surface area contributed by atoms with Gasteiger partial charge in [-0.05, 0) is 84.7 Å². The van der Waals surface area contributed by atoms with Crippen molar-refractivity contribution in [3.8, 4) is 5.75 Å². The maximum atomic E-state index is 11.7. The van der Waals surface area contributed by atoms with Crippen molar-refractivity contribution in [2.45, 2.75) is 44.6 Å². The Morgan fingerprint density at radius 1 is 0.975 bits per heavy atom. The van der Waals surface area contributed by atoms with Gasteiger partial charge < -0.3 is 20.7 Å². The maximum absolute atomic E-state index is 11.7. The fourth-order valence-corrected chi connectivity index (χ4v) is 5.26. The lowest BCUT2D eigenvalue weighted by Crippen LogP contribution is -2.43. The molecule has 3 N–H and O–H groups in total. The molecule has 0 radical (unpaired) electrons. The summed E-state index contributed by atoms with van der Waals surface area (Å²) in [6.07, 6.45) is 4.59. The summed E-state index contributed by atoms with van der Waals surface area (Å²) in [7, 11) is -3.21. The molecule has 0 spiro atoms. The first-order valence-electron chi connectivity index (χ1n) is 13.9. The van der Waals surface area contributed by atoms with Crippen LogP contribution < -0.4 is 15.8 Å². The molecule has 0 aromatic heterocycles. The van der Waals surface area contributed by atoms with Crippen molar-refractivity contribution in [3.63, 3.8) is 0 Å². The second kappa shape index (κ2) is 13.3. The number of ether oxygens (including phenoxy) is 1. The van der Waals surface area contributed by atoms with Gasteiger partial charge in [-0.1, -0.05) is 56.3 Å². The van der Waals surface area contributed by atoms with Crippen molar-refractivity contribution >= 4 is 21.5 Å². The first-order chi connectivity index (χ1) is 19.1. The number of nitrogens with zero attached hydrogens (tertiary/aromatic N) is 2. The summed E-state index contributed by atoms with van der Waals surface area (Å²) in [6, 6.07) is 25.4. The number of benzene rings is 3. The molecule has 4 rings (SSSR count). The highest BCUT2D eigenvalue weighted by Crippen LogP contribution is 2.24. The maximum Gasteiger partial charge on any atom is 0.198 e. The number of hydrogen-bond donors (Lipinski definition) is 2. The van der Waals surface area contributed by atoms with E-state index in [4.69, 9.17) is 15.5 Å². The summed E-state index contributed by atoms with van der Waals surface area (Å²) >= 11 is 0. The number of anilines is 1. The standard InChI is InChI=1S/C32H42N4O3S/c1-32(2,23-33)24-34-31(36-19-17-26(18-20-36)21-25-7-5-4-6-8-25)35-28-11-13-29(14-12-28)39-22-27-9-15-30(16-10-27)40(3,37)38/h4-16,26H,17-24,33H2,1-3H3,(H,34,35). The van der Waals surface area contributed by atoms with Gasteiger partial charge in [0.2, 0.25) is 0 Å². The van der Waals surface area contributed by atoms with Gasteiger partial charge in [0.05, 0.1) is 4.90 Å². The first-order valence-corrected chi connectivity index (χ1v) is 15.8. The van der Waals surface area contributed by atoms with Crippen molar-refractivity contribution < 1.29 is 13.2 Å². The van der Waals surface area contributed by atoms with Gasteiger partial charge in [-0.25, -0.2) is 8.42 Å². The molecule has 1 fully saturated rings. The molecule has 40 heavy (non-hydrogen) atoms. The Hall–Kier alpha value is -3.36. The Morgan fingerprint density at radius 2 is 1.62 bits per heavy atom. The van der Waals surface area contributed by atoms with Crippen molar-refractivity contribution in [3.05, 3.63) is 90.0 Å². The molecule has 3 aromatic carbocycles. The lowest BCUT2D eigenvalue weighted by Gasteiger charge is -2.35. The molecule has 1 aliphatic rings. The molecule has 0 atom stereocenters. The van der Waals surface area contributed by atoms with Crippen LogP contribution in [0.3, 0.4) is 0 Å². The minimum Gasteiger partial charge on any atom is -0.489 e. The Kier molecular flexibility index (Phi) is 9.87. The summed E-state index contributed by atoms with van der Waals surface area (Å²) in [5.74, 6) is 2.31. The molecule has 1 saturated heterocycles. The van der Waals surface area contributed by atoms with Crippen molar-refractivity contribution in [1.82, 2.24) is 4.90 Å². The van der Waals surface area contributed by atoms with Crippen LogP contribution in [-0.4, -0.2) is 51.7 Å². The smallest absolute Gasteiger partial charge is 0.198 e. The Labute approximate surface area is 239 Å². The van der Waals surface area contributed by atoms with E-state index in [1.165, 1.54) is 11.8 Å². The first kappa shape index (κ1) is 29.6. The fraction of sp³-hybridized carbons (Fsp3) is 0.406. The highest BCUT2D eigenvalue weighted by atomic mass is 32.2. The third-order valence-corrected chi connectivity index (χ3v) is 8.49. The molecule has 0 saturated carbocycles. The Morgan fingerprint density at radius 3 is 2.23 bits per heavy atom. The van der Waals surface area contributed by atoms with E-state index < -0.39 is 9.84 Å². The predicted octanol–water partition coefficient (Wildman–Crippen LogP) is 5.38. The molecule has 7 nitrogen and oxygen atoms in total. The molecule has 0 bridgehead atoms. The van der Waals surface area contributed by atoms with Crippen molar-refractivity contribution in [2.75, 3.05) is 37.8 Å². The zero-order chi connectivity index (χ0) is 28.6. The number of aliphatic imine (C=N–C) groups is 1. The lowest BCUT2D eigenvalue weighted by atomic mass is 9.90. The number of hydrogen-bond acceptors (Lipinski definition) is 5. The van der Waals surface area contributed by atoms with Gasteiger partial charge in [-0.15, -0.1) is 0 Å². The van der Waals surface area contributed by atoms with Crippen LogP contribution in [0.1, 0.15) is 37.8 Å². The van der Waals surface area contributed by atoms with E-state index >= 15 is 0 Å². The van der Waals surface area contributed by atoms with Crippen LogP contribution in [-0.2, 0) is 22.9 Å². The third-order valence-electron chi connectivity index (χ3n) is 7.36. The molecule has 0 amide bonds. The molecule has 0 unspecified atom stereocenters. The summed E-state index contributed by atoms with van der Waals surface area (Å²) in [4.78, 5) is 7.66. The van der Waals surface area contributed by atoms with E-state index in [9.17, 15) is 8.42 Å². The van der Waals surface area contributed by atoms with E-state index in [0.717, 1.165) is 55.3 Å². The highest BCUT2D eigenvalue weighted by Gasteiger charge is 2.23. The van der Waals surface area contributed by atoms with Crippen LogP contribution in [0.5, 0.6) is 5.75 Å². The number of piperidine rings is 1. The summed E-state index contributed by atoms with van der Waals surface area (Å²) in [5.41, 5.74) is 9.17. The van der Waals surface area contributed by atoms with Crippen LogP contribution in [0.4, 0.5) is 5.69 Å². The van der Waals surface area contributed by atoms with E-state index in [0.29, 0.717) is 30.5 Å². The molecule has 3 aromatic rings. The Bertz CT molecular complexity index is 1350. The van der Waals surface area contributed by atoms with Crippen LogP contribution in [0.2, 0.25) is 0 Å². The molecular weight excluding hydrogens is 520 g/mol. The van der Waals surface area contributed by atoms with Gasteiger partial charge >= 0.3 is 0 Å². The minimum absolute atomic E-state index is 0.0736.